The van der Waals surface area contributed by atoms with E-state index in [1.54, 1.807) is 12.3 Å². The summed E-state index contributed by atoms with van der Waals surface area (Å²) in [6.45, 7) is 0.748. The van der Waals surface area contributed by atoms with Gasteiger partial charge in [0.05, 0.1) is 5.69 Å². The summed E-state index contributed by atoms with van der Waals surface area (Å²) in [7, 11) is 1.84. The molecule has 6 heteroatoms. The molecule has 19 heavy (non-hydrogen) atoms. The maximum atomic E-state index is 13.5. The molecule has 1 heterocycles. The topological polar surface area (TPSA) is 49.8 Å². The van der Waals surface area contributed by atoms with Gasteiger partial charge in [-0.1, -0.05) is 0 Å². The SMILES string of the molecule is CNCCc1nccc(Nc2cc(F)ccc2F)n1. The van der Waals surface area contributed by atoms with Crippen molar-refractivity contribution in [2.75, 3.05) is 18.9 Å². The minimum atomic E-state index is -0.531. The van der Waals surface area contributed by atoms with Crippen LogP contribution in [0.3, 0.4) is 0 Å². The lowest BCUT2D eigenvalue weighted by atomic mass is 10.3. The molecule has 0 saturated carbocycles. The number of halogens is 2. The molecule has 0 radical (unpaired) electrons. The van der Waals surface area contributed by atoms with Crippen molar-refractivity contribution in [1.82, 2.24) is 15.3 Å². The number of hydrogen-bond acceptors (Lipinski definition) is 4. The summed E-state index contributed by atoms with van der Waals surface area (Å²) >= 11 is 0. The Morgan fingerprint density at radius 3 is 2.84 bits per heavy atom. The first-order chi connectivity index (χ1) is 9.19. The van der Waals surface area contributed by atoms with Crippen molar-refractivity contribution >= 4 is 11.5 Å². The van der Waals surface area contributed by atoms with Crippen molar-refractivity contribution < 1.29 is 8.78 Å². The highest BCUT2D eigenvalue weighted by Crippen LogP contribution is 2.19. The van der Waals surface area contributed by atoms with Gasteiger partial charge >= 0.3 is 0 Å². The van der Waals surface area contributed by atoms with Gasteiger partial charge in [0, 0.05) is 25.2 Å². The second-order valence-electron chi connectivity index (χ2n) is 3.96. The number of rotatable bonds is 5. The summed E-state index contributed by atoms with van der Waals surface area (Å²) in [6.07, 6.45) is 2.25. The van der Waals surface area contributed by atoms with E-state index in [4.69, 9.17) is 0 Å². The summed E-state index contributed by atoms with van der Waals surface area (Å²) in [4.78, 5) is 8.32. The van der Waals surface area contributed by atoms with E-state index >= 15 is 0 Å². The number of likely N-dealkylation sites (N-methyl/N-ethyl adjacent to an activating group) is 1. The number of hydrogen-bond donors (Lipinski definition) is 2. The Kier molecular flexibility index (Phi) is 4.35. The highest BCUT2D eigenvalue weighted by atomic mass is 19.1. The molecule has 0 aliphatic heterocycles. The van der Waals surface area contributed by atoms with Crippen molar-refractivity contribution in [3.8, 4) is 0 Å². The first-order valence-corrected chi connectivity index (χ1v) is 5.87. The van der Waals surface area contributed by atoms with Gasteiger partial charge in [-0.05, 0) is 25.2 Å². The smallest absolute Gasteiger partial charge is 0.146 e. The Bertz CT molecular complexity index is 560. The largest absolute Gasteiger partial charge is 0.338 e. The third-order valence-corrected chi connectivity index (χ3v) is 2.50. The molecule has 2 aromatic rings. The molecule has 0 aliphatic rings. The zero-order valence-corrected chi connectivity index (χ0v) is 10.5. The zero-order valence-electron chi connectivity index (χ0n) is 10.5. The first kappa shape index (κ1) is 13.4. The zero-order chi connectivity index (χ0) is 13.7. The molecular formula is C13H14F2N4. The summed E-state index contributed by atoms with van der Waals surface area (Å²) < 4.78 is 26.5. The standard InChI is InChI=1S/C13H14F2N4/c1-16-6-4-12-17-7-5-13(19-12)18-11-8-9(14)2-3-10(11)15/h2-3,5,7-8,16H,4,6H2,1H3,(H,17,18,19). The average molecular weight is 264 g/mol. The molecule has 1 aromatic heterocycles. The van der Waals surface area contributed by atoms with Gasteiger partial charge in [-0.25, -0.2) is 18.7 Å². The summed E-state index contributed by atoms with van der Waals surface area (Å²) in [5.41, 5.74) is 0.0540. The molecular weight excluding hydrogens is 250 g/mol. The molecule has 2 N–H and O–H groups in total. The van der Waals surface area contributed by atoms with Crippen LogP contribution in [0.5, 0.6) is 0 Å². The van der Waals surface area contributed by atoms with E-state index in [0.29, 0.717) is 18.1 Å². The van der Waals surface area contributed by atoms with Crippen LogP contribution in [0.2, 0.25) is 0 Å². The molecule has 0 fully saturated rings. The predicted octanol–water partition coefficient (Wildman–Crippen LogP) is 2.26. The number of aromatic nitrogens is 2. The van der Waals surface area contributed by atoms with Gasteiger partial charge < -0.3 is 10.6 Å². The second kappa shape index (κ2) is 6.19. The second-order valence-corrected chi connectivity index (χ2v) is 3.96. The van der Waals surface area contributed by atoms with E-state index in [1.807, 2.05) is 7.05 Å². The molecule has 0 atom stereocenters. The fourth-order valence-electron chi connectivity index (χ4n) is 1.56. The monoisotopic (exact) mass is 264 g/mol. The number of benzene rings is 1. The van der Waals surface area contributed by atoms with Crippen molar-refractivity contribution in [3.63, 3.8) is 0 Å². The van der Waals surface area contributed by atoms with E-state index in [1.165, 1.54) is 0 Å². The van der Waals surface area contributed by atoms with E-state index in [-0.39, 0.29) is 5.69 Å². The predicted molar refractivity (Wildman–Crippen MR) is 69.3 cm³/mol. The molecule has 0 amide bonds. The Labute approximate surface area is 109 Å². The quantitative estimate of drug-likeness (QED) is 0.869. The van der Waals surface area contributed by atoms with Crippen LogP contribution < -0.4 is 10.6 Å². The summed E-state index contributed by atoms with van der Waals surface area (Å²) in [5.74, 6) is 0.0342. The lowest BCUT2D eigenvalue weighted by Gasteiger charge is -2.08. The molecule has 0 aliphatic carbocycles. The van der Waals surface area contributed by atoms with Gasteiger partial charge in [0.1, 0.15) is 23.3 Å². The van der Waals surface area contributed by atoms with Gasteiger partial charge in [0.25, 0.3) is 0 Å². The van der Waals surface area contributed by atoms with Crippen LogP contribution >= 0.6 is 0 Å². The van der Waals surface area contributed by atoms with Gasteiger partial charge in [0.2, 0.25) is 0 Å². The van der Waals surface area contributed by atoms with E-state index in [9.17, 15) is 8.78 Å². The van der Waals surface area contributed by atoms with Crippen molar-refractivity contribution in [2.45, 2.75) is 6.42 Å². The maximum absolute atomic E-state index is 13.5. The molecule has 4 nitrogen and oxygen atoms in total. The maximum Gasteiger partial charge on any atom is 0.146 e. The van der Waals surface area contributed by atoms with Crippen LogP contribution in [-0.4, -0.2) is 23.6 Å². The van der Waals surface area contributed by atoms with Crippen molar-refractivity contribution in [3.05, 3.63) is 47.9 Å². The van der Waals surface area contributed by atoms with Crippen LogP contribution in [0, 0.1) is 11.6 Å². The fraction of sp³-hybridized carbons (Fsp3) is 0.231. The lowest BCUT2D eigenvalue weighted by Crippen LogP contribution is -2.12. The van der Waals surface area contributed by atoms with Crippen LogP contribution in [0.15, 0.2) is 30.5 Å². The van der Waals surface area contributed by atoms with E-state index in [0.717, 1.165) is 24.7 Å². The highest BCUT2D eigenvalue weighted by Gasteiger charge is 2.05. The Morgan fingerprint density at radius 1 is 1.21 bits per heavy atom. The Hall–Kier alpha value is -2.08. The molecule has 100 valence electrons. The van der Waals surface area contributed by atoms with Crippen LogP contribution in [0.25, 0.3) is 0 Å². The molecule has 0 spiro atoms. The summed E-state index contributed by atoms with van der Waals surface area (Å²) in [6, 6.07) is 4.83. The van der Waals surface area contributed by atoms with Crippen molar-refractivity contribution in [1.29, 1.82) is 0 Å². The van der Waals surface area contributed by atoms with Crippen molar-refractivity contribution in [2.24, 2.45) is 0 Å². The molecule has 0 unspecified atom stereocenters. The minimum absolute atomic E-state index is 0.0540. The van der Waals surface area contributed by atoms with Crippen LogP contribution in [0.4, 0.5) is 20.3 Å². The lowest BCUT2D eigenvalue weighted by molar-refractivity contribution is 0.603. The molecule has 2 rings (SSSR count). The minimum Gasteiger partial charge on any atom is -0.338 e. The normalized spacial score (nSPS) is 10.5. The molecule has 0 bridgehead atoms. The molecule has 0 saturated heterocycles. The number of nitrogens with one attached hydrogen (secondary N) is 2. The van der Waals surface area contributed by atoms with Gasteiger partial charge in [-0.2, -0.15) is 0 Å². The van der Waals surface area contributed by atoms with Gasteiger partial charge in [-0.3, -0.25) is 0 Å². The Morgan fingerprint density at radius 2 is 2.05 bits per heavy atom. The Balaban J connectivity index is 2.16. The number of nitrogens with zero attached hydrogens (tertiary/aromatic N) is 2. The van der Waals surface area contributed by atoms with E-state index < -0.39 is 11.6 Å². The highest BCUT2D eigenvalue weighted by molar-refractivity contribution is 5.56. The third kappa shape index (κ3) is 3.69. The fourth-order valence-corrected chi connectivity index (χ4v) is 1.56. The first-order valence-electron chi connectivity index (χ1n) is 5.87. The average Bonchev–Trinajstić information content (AvgIpc) is 2.41. The summed E-state index contributed by atoms with van der Waals surface area (Å²) in [5, 5.41) is 5.74. The van der Waals surface area contributed by atoms with Crippen LogP contribution in [-0.2, 0) is 6.42 Å². The van der Waals surface area contributed by atoms with Gasteiger partial charge in [0.15, 0.2) is 0 Å². The molecule has 1 aromatic carbocycles. The van der Waals surface area contributed by atoms with E-state index in [2.05, 4.69) is 20.6 Å². The number of anilines is 2. The third-order valence-electron chi connectivity index (χ3n) is 2.50. The van der Waals surface area contributed by atoms with Gasteiger partial charge in [-0.15, -0.1) is 0 Å². The van der Waals surface area contributed by atoms with Crippen LogP contribution in [0.1, 0.15) is 5.82 Å².